The third-order valence-corrected chi connectivity index (χ3v) is 3.75. The van der Waals surface area contributed by atoms with Crippen molar-refractivity contribution in [3.05, 3.63) is 34.9 Å². The summed E-state index contributed by atoms with van der Waals surface area (Å²) in [6, 6.07) is 5.88. The van der Waals surface area contributed by atoms with Gasteiger partial charge in [-0.1, -0.05) is 12.1 Å². The number of benzene rings is 1. The number of ether oxygens (including phenoxy) is 1. The zero-order valence-corrected chi connectivity index (χ0v) is 9.51. The molecule has 1 fully saturated rings. The Morgan fingerprint density at radius 1 is 1.59 bits per heavy atom. The van der Waals surface area contributed by atoms with Crippen LogP contribution in [0.15, 0.2) is 18.2 Å². The summed E-state index contributed by atoms with van der Waals surface area (Å²) in [5.74, 6) is 0.664. The predicted molar refractivity (Wildman–Crippen MR) is 61.2 cm³/mol. The standard InChI is InChI=1S/C13H12N2O2/c1-8-2-3-10-11(4-8)17-9-5-13(10,6-9)12(16)7-15-14/h2-4,7,9H,5-6H2,1H3. The van der Waals surface area contributed by atoms with Gasteiger partial charge in [-0.3, -0.25) is 4.79 Å². The summed E-state index contributed by atoms with van der Waals surface area (Å²) < 4.78 is 5.77. The minimum Gasteiger partial charge on any atom is -0.490 e. The van der Waals surface area contributed by atoms with Crippen molar-refractivity contribution in [3.8, 4) is 5.75 Å². The number of Topliss-reactive ketones (excluding diaryl/α,β-unsaturated/α-hetero) is 1. The molecule has 2 bridgehead atoms. The first-order chi connectivity index (χ1) is 8.15. The molecule has 1 aromatic rings. The van der Waals surface area contributed by atoms with E-state index in [9.17, 15) is 4.79 Å². The molecule has 4 nitrogen and oxygen atoms in total. The first kappa shape index (κ1) is 10.2. The molecule has 1 aromatic carbocycles. The summed E-state index contributed by atoms with van der Waals surface area (Å²) in [6.07, 6.45) is 2.51. The normalized spacial score (nSPS) is 28.2. The topological polar surface area (TPSA) is 62.7 Å². The molecule has 0 atom stereocenters. The molecule has 0 N–H and O–H groups in total. The van der Waals surface area contributed by atoms with Crippen molar-refractivity contribution in [1.82, 2.24) is 0 Å². The Labute approximate surface area is 98.8 Å². The van der Waals surface area contributed by atoms with Crippen LogP contribution in [0, 0.1) is 6.92 Å². The minimum absolute atomic E-state index is 0.125. The van der Waals surface area contributed by atoms with Crippen molar-refractivity contribution in [2.75, 3.05) is 0 Å². The molecule has 0 aromatic heterocycles. The second kappa shape index (κ2) is 3.28. The number of carbonyl (C=O) groups is 1. The monoisotopic (exact) mass is 228 g/mol. The van der Waals surface area contributed by atoms with Gasteiger partial charge >= 0.3 is 6.21 Å². The van der Waals surface area contributed by atoms with Gasteiger partial charge in [-0.2, -0.15) is 4.79 Å². The second-order valence-electron chi connectivity index (χ2n) is 4.84. The molecule has 1 saturated carbocycles. The van der Waals surface area contributed by atoms with Gasteiger partial charge in [0.05, 0.1) is 5.41 Å². The quantitative estimate of drug-likeness (QED) is 0.439. The number of carbonyl (C=O) groups excluding carboxylic acids is 1. The first-order valence-corrected chi connectivity index (χ1v) is 5.65. The molecule has 2 aliphatic heterocycles. The van der Waals surface area contributed by atoms with E-state index in [1.54, 1.807) is 0 Å². The highest BCUT2D eigenvalue weighted by atomic mass is 16.5. The molecule has 86 valence electrons. The molecular formula is C13H12N2O2. The highest BCUT2D eigenvalue weighted by Gasteiger charge is 2.57. The minimum atomic E-state index is -0.516. The fourth-order valence-corrected chi connectivity index (χ4v) is 2.83. The van der Waals surface area contributed by atoms with Crippen molar-refractivity contribution in [2.24, 2.45) is 0 Å². The number of ketones is 1. The Kier molecular flexibility index (Phi) is 1.98. The SMILES string of the molecule is Cc1ccc2c(c1)OC1CC2(C(=O)C=[N+]=[N-])C1. The van der Waals surface area contributed by atoms with E-state index in [0.717, 1.165) is 23.1 Å². The fourth-order valence-electron chi connectivity index (χ4n) is 2.83. The number of nitrogens with zero attached hydrogens (tertiary/aromatic N) is 2. The lowest BCUT2D eigenvalue weighted by Gasteiger charge is -2.50. The molecule has 2 heterocycles. The van der Waals surface area contributed by atoms with Crippen LogP contribution in [0.4, 0.5) is 0 Å². The van der Waals surface area contributed by atoms with E-state index >= 15 is 0 Å². The number of hydrogen-bond acceptors (Lipinski definition) is 2. The smallest absolute Gasteiger partial charge is 0.324 e. The molecule has 4 heteroatoms. The molecule has 1 aliphatic carbocycles. The van der Waals surface area contributed by atoms with Crippen LogP contribution in [-0.4, -0.2) is 22.9 Å². The van der Waals surface area contributed by atoms with Crippen LogP contribution >= 0.6 is 0 Å². The van der Waals surface area contributed by atoms with Gasteiger partial charge in [0.2, 0.25) is 5.78 Å². The molecule has 0 radical (unpaired) electrons. The van der Waals surface area contributed by atoms with Crippen LogP contribution in [0.1, 0.15) is 24.0 Å². The van der Waals surface area contributed by atoms with Gasteiger partial charge in [-0.15, -0.1) is 0 Å². The van der Waals surface area contributed by atoms with Crippen LogP contribution in [0.3, 0.4) is 0 Å². The Morgan fingerprint density at radius 2 is 2.35 bits per heavy atom. The summed E-state index contributed by atoms with van der Waals surface area (Å²) in [7, 11) is 0. The lowest BCUT2D eigenvalue weighted by molar-refractivity contribution is -0.130. The van der Waals surface area contributed by atoms with Gasteiger partial charge in [0, 0.05) is 18.4 Å². The summed E-state index contributed by atoms with van der Waals surface area (Å²) in [6.45, 7) is 1.99. The van der Waals surface area contributed by atoms with Crippen molar-refractivity contribution in [1.29, 1.82) is 0 Å². The Morgan fingerprint density at radius 3 is 3.06 bits per heavy atom. The average Bonchev–Trinajstić information content (AvgIpc) is 2.26. The first-order valence-electron chi connectivity index (χ1n) is 5.65. The van der Waals surface area contributed by atoms with Crippen LogP contribution in [0.5, 0.6) is 5.75 Å². The number of hydrogen-bond donors (Lipinski definition) is 0. The third kappa shape index (κ3) is 1.28. The maximum atomic E-state index is 12.0. The van der Waals surface area contributed by atoms with E-state index in [4.69, 9.17) is 10.3 Å². The van der Waals surface area contributed by atoms with Crippen molar-refractivity contribution in [3.63, 3.8) is 0 Å². The van der Waals surface area contributed by atoms with Crippen LogP contribution in [0.25, 0.3) is 5.53 Å². The highest BCUT2D eigenvalue weighted by molar-refractivity contribution is 6.30. The molecule has 0 spiro atoms. The summed E-state index contributed by atoms with van der Waals surface area (Å²) in [5, 5.41) is 0. The largest absolute Gasteiger partial charge is 0.490 e. The Hall–Kier alpha value is -1.93. The van der Waals surface area contributed by atoms with Crippen LogP contribution in [-0.2, 0) is 10.2 Å². The van der Waals surface area contributed by atoms with Gasteiger partial charge in [-0.25, -0.2) is 0 Å². The predicted octanol–water partition coefficient (Wildman–Crippen LogP) is 1.66. The van der Waals surface area contributed by atoms with E-state index in [1.165, 1.54) is 0 Å². The lowest BCUT2D eigenvalue weighted by Crippen LogP contribution is -2.56. The van der Waals surface area contributed by atoms with E-state index in [0.29, 0.717) is 12.8 Å². The molecule has 0 amide bonds. The third-order valence-electron chi connectivity index (χ3n) is 3.75. The van der Waals surface area contributed by atoms with Crippen LogP contribution in [0.2, 0.25) is 0 Å². The van der Waals surface area contributed by atoms with Gasteiger partial charge in [0.1, 0.15) is 11.9 Å². The van der Waals surface area contributed by atoms with E-state index < -0.39 is 5.41 Å². The Balaban J connectivity index is 2.12. The summed E-state index contributed by atoms with van der Waals surface area (Å²) in [4.78, 5) is 14.9. The van der Waals surface area contributed by atoms with Crippen molar-refractivity contribution < 1.29 is 14.3 Å². The summed E-state index contributed by atoms with van der Waals surface area (Å²) in [5.41, 5.74) is 10.0. The molecule has 0 saturated heterocycles. The number of aryl methyl sites for hydroxylation is 1. The van der Waals surface area contributed by atoms with Gasteiger partial charge < -0.3 is 10.3 Å². The van der Waals surface area contributed by atoms with Gasteiger partial charge in [-0.05, 0) is 18.6 Å². The molecule has 0 unspecified atom stereocenters. The van der Waals surface area contributed by atoms with E-state index in [2.05, 4.69) is 4.79 Å². The van der Waals surface area contributed by atoms with E-state index in [1.807, 2.05) is 25.1 Å². The average molecular weight is 228 g/mol. The van der Waals surface area contributed by atoms with Gasteiger partial charge in [0.15, 0.2) is 0 Å². The molecular weight excluding hydrogens is 216 g/mol. The summed E-state index contributed by atoms with van der Waals surface area (Å²) >= 11 is 0. The molecule has 17 heavy (non-hydrogen) atoms. The lowest BCUT2D eigenvalue weighted by atomic mass is 9.58. The highest BCUT2D eigenvalue weighted by Crippen LogP contribution is 2.53. The maximum Gasteiger partial charge on any atom is 0.324 e. The maximum absolute atomic E-state index is 12.0. The zero-order valence-electron chi connectivity index (χ0n) is 9.51. The molecule has 3 aliphatic rings. The van der Waals surface area contributed by atoms with Crippen LogP contribution < -0.4 is 4.74 Å². The zero-order chi connectivity index (χ0) is 12.0. The molecule has 4 rings (SSSR count). The van der Waals surface area contributed by atoms with Gasteiger partial charge in [0.25, 0.3) is 0 Å². The Bertz CT molecular complexity index is 553. The number of rotatable bonds is 2. The van der Waals surface area contributed by atoms with Crippen molar-refractivity contribution in [2.45, 2.75) is 31.3 Å². The van der Waals surface area contributed by atoms with E-state index in [-0.39, 0.29) is 11.9 Å². The fraction of sp³-hybridized carbons (Fsp3) is 0.385. The second-order valence-corrected chi connectivity index (χ2v) is 4.84. The van der Waals surface area contributed by atoms with Crippen molar-refractivity contribution >= 4 is 12.0 Å².